The van der Waals surface area contributed by atoms with Crippen molar-refractivity contribution in [2.45, 2.75) is 52.0 Å². The van der Waals surface area contributed by atoms with E-state index in [1.54, 1.807) is 0 Å². The van der Waals surface area contributed by atoms with Gasteiger partial charge in [-0.15, -0.1) is 0 Å². The average molecular weight is 212 g/mol. The van der Waals surface area contributed by atoms with Gasteiger partial charge in [0.05, 0.1) is 0 Å². The van der Waals surface area contributed by atoms with Crippen LogP contribution in [0.25, 0.3) is 0 Å². The standard InChI is InChI=1S/C12H24N2O/c1-3-14(11-5-6-11)12(15)7-4-10(2)8-9-13/h10-11H,3-9,13H2,1-2H3. The average Bonchev–Trinajstić information content (AvgIpc) is 3.00. The Bertz CT molecular complexity index is 202. The number of rotatable bonds is 7. The lowest BCUT2D eigenvalue weighted by molar-refractivity contribution is -0.131. The molecule has 0 heterocycles. The van der Waals surface area contributed by atoms with Crippen LogP contribution in [0.15, 0.2) is 0 Å². The summed E-state index contributed by atoms with van der Waals surface area (Å²) in [7, 11) is 0. The summed E-state index contributed by atoms with van der Waals surface area (Å²) >= 11 is 0. The molecule has 2 N–H and O–H groups in total. The van der Waals surface area contributed by atoms with E-state index in [2.05, 4.69) is 13.8 Å². The third-order valence-electron chi connectivity index (χ3n) is 3.16. The first-order chi connectivity index (χ1) is 7.19. The molecule has 0 saturated heterocycles. The Labute approximate surface area is 93.0 Å². The minimum Gasteiger partial charge on any atom is -0.340 e. The lowest BCUT2D eigenvalue weighted by Gasteiger charge is -2.21. The molecule has 1 aliphatic carbocycles. The van der Waals surface area contributed by atoms with Gasteiger partial charge in [-0.1, -0.05) is 6.92 Å². The van der Waals surface area contributed by atoms with Gasteiger partial charge < -0.3 is 10.6 Å². The monoisotopic (exact) mass is 212 g/mol. The highest BCUT2D eigenvalue weighted by Gasteiger charge is 2.30. The number of amides is 1. The van der Waals surface area contributed by atoms with Gasteiger partial charge >= 0.3 is 0 Å². The molecule has 0 spiro atoms. The smallest absolute Gasteiger partial charge is 0.222 e. The van der Waals surface area contributed by atoms with E-state index >= 15 is 0 Å². The fourth-order valence-corrected chi connectivity index (χ4v) is 1.97. The highest BCUT2D eigenvalue weighted by atomic mass is 16.2. The van der Waals surface area contributed by atoms with Crippen LogP contribution in [0.4, 0.5) is 0 Å². The molecule has 1 unspecified atom stereocenters. The van der Waals surface area contributed by atoms with Crippen LogP contribution in [0.1, 0.15) is 46.0 Å². The molecule has 0 bridgehead atoms. The van der Waals surface area contributed by atoms with E-state index in [4.69, 9.17) is 5.73 Å². The number of carbonyl (C=O) groups is 1. The topological polar surface area (TPSA) is 46.3 Å². The number of hydrogen-bond donors (Lipinski definition) is 1. The van der Waals surface area contributed by atoms with E-state index in [1.165, 1.54) is 12.8 Å². The Kier molecular flexibility index (Phi) is 5.09. The van der Waals surface area contributed by atoms with Gasteiger partial charge in [-0.2, -0.15) is 0 Å². The van der Waals surface area contributed by atoms with Gasteiger partial charge in [-0.3, -0.25) is 4.79 Å². The second kappa shape index (κ2) is 6.11. The maximum absolute atomic E-state index is 11.9. The van der Waals surface area contributed by atoms with Crippen molar-refractivity contribution in [1.29, 1.82) is 0 Å². The van der Waals surface area contributed by atoms with Gasteiger partial charge in [-0.25, -0.2) is 0 Å². The van der Waals surface area contributed by atoms with Crippen molar-refractivity contribution in [3.8, 4) is 0 Å². The summed E-state index contributed by atoms with van der Waals surface area (Å²) in [4.78, 5) is 13.9. The first-order valence-electron chi connectivity index (χ1n) is 6.18. The van der Waals surface area contributed by atoms with Gasteiger partial charge in [-0.05, 0) is 45.1 Å². The van der Waals surface area contributed by atoms with Crippen LogP contribution in [0.5, 0.6) is 0 Å². The van der Waals surface area contributed by atoms with Gasteiger partial charge in [0.1, 0.15) is 0 Å². The van der Waals surface area contributed by atoms with Crippen molar-refractivity contribution in [2.75, 3.05) is 13.1 Å². The molecule has 1 fully saturated rings. The predicted octanol–water partition coefficient (Wildman–Crippen LogP) is 1.76. The first-order valence-corrected chi connectivity index (χ1v) is 6.18. The van der Waals surface area contributed by atoms with Crippen LogP contribution in [-0.4, -0.2) is 29.9 Å². The van der Waals surface area contributed by atoms with Crippen LogP contribution < -0.4 is 5.73 Å². The SMILES string of the molecule is CCN(C(=O)CCC(C)CCN)C1CC1. The maximum atomic E-state index is 11.9. The second-order valence-electron chi connectivity index (χ2n) is 4.63. The zero-order valence-electron chi connectivity index (χ0n) is 10.0. The summed E-state index contributed by atoms with van der Waals surface area (Å²) in [6.07, 6.45) is 5.13. The van der Waals surface area contributed by atoms with E-state index in [9.17, 15) is 4.79 Å². The first kappa shape index (κ1) is 12.5. The molecule has 1 atom stereocenters. The molecule has 1 rings (SSSR count). The number of hydrogen-bond acceptors (Lipinski definition) is 2. The molecule has 3 nitrogen and oxygen atoms in total. The van der Waals surface area contributed by atoms with Crippen molar-refractivity contribution in [3.05, 3.63) is 0 Å². The summed E-state index contributed by atoms with van der Waals surface area (Å²) in [5.41, 5.74) is 5.48. The number of nitrogens with two attached hydrogens (primary N) is 1. The minimum atomic E-state index is 0.337. The van der Waals surface area contributed by atoms with Crippen molar-refractivity contribution in [1.82, 2.24) is 4.90 Å². The van der Waals surface area contributed by atoms with Crippen LogP contribution in [0.3, 0.4) is 0 Å². The van der Waals surface area contributed by atoms with Crippen LogP contribution >= 0.6 is 0 Å². The van der Waals surface area contributed by atoms with Gasteiger partial charge in [0, 0.05) is 19.0 Å². The summed E-state index contributed by atoms with van der Waals surface area (Å²) in [5.74, 6) is 0.917. The Balaban J connectivity index is 2.21. The third kappa shape index (κ3) is 4.20. The minimum absolute atomic E-state index is 0.337. The normalized spacial score (nSPS) is 17.5. The third-order valence-corrected chi connectivity index (χ3v) is 3.16. The predicted molar refractivity (Wildman–Crippen MR) is 62.5 cm³/mol. The van der Waals surface area contributed by atoms with Crippen LogP contribution in [0.2, 0.25) is 0 Å². The Morgan fingerprint density at radius 2 is 2.13 bits per heavy atom. The fourth-order valence-electron chi connectivity index (χ4n) is 1.97. The molecule has 1 amide bonds. The zero-order chi connectivity index (χ0) is 11.3. The summed E-state index contributed by atoms with van der Waals surface area (Å²) < 4.78 is 0. The summed E-state index contributed by atoms with van der Waals surface area (Å²) in [6, 6.07) is 0.562. The highest BCUT2D eigenvalue weighted by molar-refractivity contribution is 5.76. The van der Waals surface area contributed by atoms with Crippen molar-refractivity contribution < 1.29 is 4.79 Å². The Morgan fingerprint density at radius 1 is 1.47 bits per heavy atom. The molecule has 0 aromatic carbocycles. The molecule has 1 saturated carbocycles. The second-order valence-corrected chi connectivity index (χ2v) is 4.63. The Hall–Kier alpha value is -0.570. The van der Waals surface area contributed by atoms with Crippen molar-refractivity contribution >= 4 is 5.91 Å². The van der Waals surface area contributed by atoms with E-state index in [0.29, 0.717) is 24.3 Å². The maximum Gasteiger partial charge on any atom is 0.222 e. The molecule has 0 aromatic rings. The molecule has 88 valence electrons. The van der Waals surface area contributed by atoms with Crippen molar-refractivity contribution in [2.24, 2.45) is 11.7 Å². The number of carbonyl (C=O) groups excluding carboxylic acids is 1. The molecule has 0 aromatic heterocycles. The molecule has 1 aliphatic rings. The molecular formula is C12H24N2O. The van der Waals surface area contributed by atoms with Gasteiger partial charge in [0.25, 0.3) is 0 Å². The number of nitrogens with zero attached hydrogens (tertiary/aromatic N) is 1. The van der Waals surface area contributed by atoms with Crippen LogP contribution in [-0.2, 0) is 4.79 Å². The molecule has 0 radical (unpaired) electrons. The van der Waals surface area contributed by atoms with E-state index in [0.717, 1.165) is 25.9 Å². The lowest BCUT2D eigenvalue weighted by Crippen LogP contribution is -2.32. The van der Waals surface area contributed by atoms with Gasteiger partial charge in [0.2, 0.25) is 5.91 Å². The van der Waals surface area contributed by atoms with Crippen molar-refractivity contribution in [3.63, 3.8) is 0 Å². The molecular weight excluding hydrogens is 188 g/mol. The molecule has 15 heavy (non-hydrogen) atoms. The lowest BCUT2D eigenvalue weighted by atomic mass is 10.0. The van der Waals surface area contributed by atoms with E-state index in [1.807, 2.05) is 4.90 Å². The highest BCUT2D eigenvalue weighted by Crippen LogP contribution is 2.27. The molecule has 0 aliphatic heterocycles. The van der Waals surface area contributed by atoms with E-state index in [-0.39, 0.29) is 0 Å². The zero-order valence-corrected chi connectivity index (χ0v) is 10.0. The van der Waals surface area contributed by atoms with Crippen LogP contribution in [0, 0.1) is 5.92 Å². The molecule has 3 heteroatoms. The van der Waals surface area contributed by atoms with Gasteiger partial charge in [0.15, 0.2) is 0 Å². The quantitative estimate of drug-likeness (QED) is 0.699. The fraction of sp³-hybridized carbons (Fsp3) is 0.917. The summed E-state index contributed by atoms with van der Waals surface area (Å²) in [6.45, 7) is 5.84. The largest absolute Gasteiger partial charge is 0.340 e. The summed E-state index contributed by atoms with van der Waals surface area (Å²) in [5, 5.41) is 0. The van der Waals surface area contributed by atoms with E-state index < -0.39 is 0 Å². The Morgan fingerprint density at radius 3 is 2.60 bits per heavy atom.